The quantitative estimate of drug-likeness (QED) is 0.847. The van der Waals surface area contributed by atoms with Crippen LogP contribution in [0.15, 0.2) is 24.4 Å². The standard InChI is InChI=1S/C17H20N4O2/c1-10(2)20-15-11(3)6-5-7-13(15)21-9-12(8-18)14(19)16(21)17(22)23-4/h5-7,9-10,20H,19H2,1-4H3. The van der Waals surface area contributed by atoms with E-state index in [1.165, 1.54) is 7.11 Å². The number of nitrogen functional groups attached to an aromatic ring is 1. The molecule has 6 heteroatoms. The molecule has 0 atom stereocenters. The van der Waals surface area contributed by atoms with Crippen LogP contribution in [0.3, 0.4) is 0 Å². The number of aromatic nitrogens is 1. The molecule has 0 amide bonds. The van der Waals surface area contributed by atoms with E-state index in [1.807, 2.05) is 45.0 Å². The van der Waals surface area contributed by atoms with E-state index in [-0.39, 0.29) is 23.0 Å². The Morgan fingerprint density at radius 3 is 2.70 bits per heavy atom. The number of methoxy groups -OCH3 is 1. The molecule has 2 rings (SSSR count). The summed E-state index contributed by atoms with van der Waals surface area (Å²) in [5.74, 6) is -0.582. The van der Waals surface area contributed by atoms with E-state index in [0.717, 1.165) is 16.9 Å². The minimum absolute atomic E-state index is 0.122. The number of rotatable bonds is 4. The van der Waals surface area contributed by atoms with Gasteiger partial charge in [-0.1, -0.05) is 12.1 Å². The number of ether oxygens (including phenoxy) is 1. The van der Waals surface area contributed by atoms with Crippen molar-refractivity contribution in [2.45, 2.75) is 26.8 Å². The number of hydrogen-bond acceptors (Lipinski definition) is 5. The third kappa shape index (κ3) is 2.99. The smallest absolute Gasteiger partial charge is 0.357 e. The number of carbonyl (C=O) groups excluding carboxylic acids is 1. The lowest BCUT2D eigenvalue weighted by atomic mass is 10.1. The van der Waals surface area contributed by atoms with Crippen LogP contribution in [0.4, 0.5) is 11.4 Å². The molecule has 0 unspecified atom stereocenters. The number of carbonyl (C=O) groups is 1. The summed E-state index contributed by atoms with van der Waals surface area (Å²) in [4.78, 5) is 12.1. The van der Waals surface area contributed by atoms with Gasteiger partial charge in [0, 0.05) is 12.2 Å². The van der Waals surface area contributed by atoms with Gasteiger partial charge in [0.2, 0.25) is 0 Å². The monoisotopic (exact) mass is 312 g/mol. The molecule has 0 saturated heterocycles. The van der Waals surface area contributed by atoms with Gasteiger partial charge in [-0.05, 0) is 32.4 Å². The SMILES string of the molecule is COC(=O)c1c(N)c(C#N)cn1-c1cccc(C)c1NC(C)C. The van der Waals surface area contributed by atoms with Crippen LogP contribution in [0.5, 0.6) is 0 Å². The van der Waals surface area contributed by atoms with E-state index in [0.29, 0.717) is 0 Å². The molecule has 0 bridgehead atoms. The maximum absolute atomic E-state index is 12.1. The van der Waals surface area contributed by atoms with Gasteiger partial charge in [0.1, 0.15) is 6.07 Å². The lowest BCUT2D eigenvalue weighted by Crippen LogP contribution is -2.16. The molecule has 0 spiro atoms. The van der Waals surface area contributed by atoms with E-state index in [1.54, 1.807) is 10.8 Å². The molecule has 0 saturated carbocycles. The van der Waals surface area contributed by atoms with Crippen LogP contribution in [0.1, 0.15) is 35.5 Å². The van der Waals surface area contributed by atoms with Crippen LogP contribution in [0, 0.1) is 18.3 Å². The normalized spacial score (nSPS) is 10.4. The fraction of sp³-hybridized carbons (Fsp3) is 0.294. The number of nitrogens with zero attached hydrogens (tertiary/aromatic N) is 2. The van der Waals surface area contributed by atoms with Crippen molar-refractivity contribution < 1.29 is 9.53 Å². The average molecular weight is 312 g/mol. The topological polar surface area (TPSA) is 93.1 Å². The average Bonchev–Trinajstić information content (AvgIpc) is 2.84. The van der Waals surface area contributed by atoms with Crippen LogP contribution in [-0.4, -0.2) is 23.7 Å². The van der Waals surface area contributed by atoms with Gasteiger partial charge in [0.05, 0.1) is 29.7 Å². The fourth-order valence-corrected chi connectivity index (χ4v) is 2.43. The van der Waals surface area contributed by atoms with Gasteiger partial charge in [0.25, 0.3) is 0 Å². The third-order valence-electron chi connectivity index (χ3n) is 3.49. The van der Waals surface area contributed by atoms with Crippen molar-refractivity contribution in [2.24, 2.45) is 0 Å². The van der Waals surface area contributed by atoms with Crippen molar-refractivity contribution in [1.82, 2.24) is 4.57 Å². The Kier molecular flexibility index (Phi) is 4.60. The predicted octanol–water partition coefficient (Wildman–Crippen LogP) is 2.85. The summed E-state index contributed by atoms with van der Waals surface area (Å²) in [6.45, 7) is 6.04. The maximum Gasteiger partial charge on any atom is 0.357 e. The Bertz CT molecular complexity index is 785. The first-order chi connectivity index (χ1) is 10.9. The fourth-order valence-electron chi connectivity index (χ4n) is 2.43. The van der Waals surface area contributed by atoms with Crippen molar-refractivity contribution in [1.29, 1.82) is 5.26 Å². The summed E-state index contributed by atoms with van der Waals surface area (Å²) in [6, 6.07) is 7.94. The van der Waals surface area contributed by atoms with Crippen molar-refractivity contribution in [3.63, 3.8) is 0 Å². The molecule has 0 aliphatic heterocycles. The van der Waals surface area contributed by atoms with Gasteiger partial charge in [-0.2, -0.15) is 5.26 Å². The van der Waals surface area contributed by atoms with Gasteiger partial charge in [-0.15, -0.1) is 0 Å². The summed E-state index contributed by atoms with van der Waals surface area (Å²) >= 11 is 0. The Morgan fingerprint density at radius 1 is 1.43 bits per heavy atom. The van der Waals surface area contributed by atoms with E-state index in [9.17, 15) is 10.1 Å². The summed E-state index contributed by atoms with van der Waals surface area (Å²) in [5.41, 5.74) is 9.12. The van der Waals surface area contributed by atoms with Gasteiger partial charge in [0.15, 0.2) is 5.69 Å². The molecule has 1 aromatic heterocycles. The first-order valence-corrected chi connectivity index (χ1v) is 7.26. The number of benzene rings is 1. The first-order valence-electron chi connectivity index (χ1n) is 7.26. The molecular formula is C17H20N4O2. The highest BCUT2D eigenvalue weighted by atomic mass is 16.5. The molecular weight excluding hydrogens is 292 g/mol. The number of hydrogen-bond donors (Lipinski definition) is 2. The predicted molar refractivity (Wildman–Crippen MR) is 89.7 cm³/mol. The molecule has 0 radical (unpaired) electrons. The number of aryl methyl sites for hydroxylation is 1. The maximum atomic E-state index is 12.1. The molecule has 6 nitrogen and oxygen atoms in total. The summed E-state index contributed by atoms with van der Waals surface area (Å²) in [6.07, 6.45) is 1.56. The van der Waals surface area contributed by atoms with Crippen molar-refractivity contribution in [3.05, 3.63) is 41.2 Å². The third-order valence-corrected chi connectivity index (χ3v) is 3.49. The molecule has 0 aliphatic carbocycles. The van der Waals surface area contributed by atoms with Crippen LogP contribution < -0.4 is 11.1 Å². The van der Waals surface area contributed by atoms with Gasteiger partial charge in [-0.25, -0.2) is 4.79 Å². The number of esters is 1. The summed E-state index contributed by atoms with van der Waals surface area (Å²) < 4.78 is 6.43. The highest BCUT2D eigenvalue weighted by Gasteiger charge is 2.23. The summed E-state index contributed by atoms with van der Waals surface area (Å²) in [5, 5.41) is 12.6. The van der Waals surface area contributed by atoms with Crippen molar-refractivity contribution >= 4 is 17.3 Å². The largest absolute Gasteiger partial charge is 0.464 e. The number of anilines is 2. The van der Waals surface area contributed by atoms with Gasteiger partial charge >= 0.3 is 5.97 Å². The Morgan fingerprint density at radius 2 is 2.13 bits per heavy atom. The van der Waals surface area contributed by atoms with Crippen molar-refractivity contribution in [3.8, 4) is 11.8 Å². The zero-order valence-electron chi connectivity index (χ0n) is 13.7. The number of nitriles is 1. The number of para-hydroxylation sites is 1. The number of nitrogens with two attached hydrogens (primary N) is 1. The zero-order valence-corrected chi connectivity index (χ0v) is 13.7. The second kappa shape index (κ2) is 6.44. The lowest BCUT2D eigenvalue weighted by Gasteiger charge is -2.19. The van der Waals surface area contributed by atoms with E-state index in [4.69, 9.17) is 10.5 Å². The van der Waals surface area contributed by atoms with Gasteiger partial charge in [-0.3, -0.25) is 0 Å². The Balaban J connectivity index is 2.75. The van der Waals surface area contributed by atoms with Gasteiger partial charge < -0.3 is 20.4 Å². The first kappa shape index (κ1) is 16.4. The second-order valence-corrected chi connectivity index (χ2v) is 5.55. The molecule has 2 aromatic rings. The Hall–Kier alpha value is -2.94. The van der Waals surface area contributed by atoms with E-state index >= 15 is 0 Å². The molecule has 1 aromatic carbocycles. The van der Waals surface area contributed by atoms with Crippen LogP contribution >= 0.6 is 0 Å². The number of nitrogens with one attached hydrogen (secondary N) is 1. The molecule has 23 heavy (non-hydrogen) atoms. The van der Waals surface area contributed by atoms with Crippen molar-refractivity contribution in [2.75, 3.05) is 18.2 Å². The summed E-state index contributed by atoms with van der Waals surface area (Å²) in [7, 11) is 1.29. The van der Waals surface area contributed by atoms with Crippen LogP contribution in [0.25, 0.3) is 5.69 Å². The lowest BCUT2D eigenvalue weighted by molar-refractivity contribution is 0.0593. The molecule has 1 heterocycles. The minimum Gasteiger partial charge on any atom is -0.464 e. The second-order valence-electron chi connectivity index (χ2n) is 5.55. The minimum atomic E-state index is -0.582. The highest BCUT2D eigenvalue weighted by molar-refractivity contribution is 5.96. The molecule has 3 N–H and O–H groups in total. The van der Waals surface area contributed by atoms with Crippen LogP contribution in [-0.2, 0) is 4.74 Å². The zero-order chi connectivity index (χ0) is 17.1. The van der Waals surface area contributed by atoms with E-state index in [2.05, 4.69) is 5.32 Å². The molecule has 120 valence electrons. The van der Waals surface area contributed by atoms with Crippen LogP contribution in [0.2, 0.25) is 0 Å². The molecule has 0 fully saturated rings. The highest BCUT2D eigenvalue weighted by Crippen LogP contribution is 2.31. The van der Waals surface area contributed by atoms with E-state index < -0.39 is 5.97 Å². The Labute approximate surface area is 135 Å². The molecule has 0 aliphatic rings.